The van der Waals surface area contributed by atoms with E-state index in [1.165, 1.54) is 0 Å². The zero-order chi connectivity index (χ0) is 26.5. The lowest BCUT2D eigenvalue weighted by atomic mass is 9.70. The van der Waals surface area contributed by atoms with Gasteiger partial charge in [-0.05, 0) is 72.0 Å². The standard InChI is InChI=1S/C32H31NO4/c1-20-17-24(29(34)37-19-22-11-7-6-8-12-22)18-21(2)28(20)33-26-16-15-23-13-9-10-14-25(23)27(26)31(3,4)32(33,5)30(35)36/h6-18H,19H2,1-5H3,(H,35,36). The van der Waals surface area contributed by atoms with Crippen molar-refractivity contribution in [3.8, 4) is 0 Å². The van der Waals surface area contributed by atoms with Crippen LogP contribution in [-0.2, 0) is 21.6 Å². The van der Waals surface area contributed by atoms with E-state index in [1.807, 2.05) is 87.2 Å². The van der Waals surface area contributed by atoms with Crippen molar-refractivity contribution in [2.75, 3.05) is 4.90 Å². The molecule has 0 spiro atoms. The van der Waals surface area contributed by atoms with Crippen LogP contribution in [0.5, 0.6) is 0 Å². The molecule has 4 aromatic carbocycles. The minimum absolute atomic E-state index is 0.192. The van der Waals surface area contributed by atoms with Gasteiger partial charge in [-0.2, -0.15) is 0 Å². The molecule has 0 fully saturated rings. The van der Waals surface area contributed by atoms with Crippen molar-refractivity contribution in [2.24, 2.45) is 0 Å². The Kier molecular flexibility index (Phi) is 5.82. The summed E-state index contributed by atoms with van der Waals surface area (Å²) in [7, 11) is 0. The van der Waals surface area contributed by atoms with Crippen LogP contribution in [0.4, 0.5) is 11.4 Å². The molecule has 37 heavy (non-hydrogen) atoms. The minimum Gasteiger partial charge on any atom is -0.479 e. The van der Waals surface area contributed by atoms with Crippen LogP contribution in [0.3, 0.4) is 0 Å². The fourth-order valence-electron chi connectivity index (χ4n) is 5.81. The fraction of sp³-hybridized carbons (Fsp3) is 0.250. The van der Waals surface area contributed by atoms with Gasteiger partial charge in [-0.15, -0.1) is 0 Å². The normalized spacial score (nSPS) is 18.0. The molecule has 1 aliphatic rings. The predicted octanol–water partition coefficient (Wildman–Crippen LogP) is 7.09. The van der Waals surface area contributed by atoms with E-state index in [0.717, 1.165) is 44.4 Å². The maximum absolute atomic E-state index is 13.0. The maximum atomic E-state index is 13.0. The summed E-state index contributed by atoms with van der Waals surface area (Å²) in [6.07, 6.45) is 0. The lowest BCUT2D eigenvalue weighted by Gasteiger charge is -2.42. The van der Waals surface area contributed by atoms with Gasteiger partial charge in [0.25, 0.3) is 0 Å². The third-order valence-electron chi connectivity index (χ3n) is 8.02. The molecule has 4 aromatic rings. The summed E-state index contributed by atoms with van der Waals surface area (Å²) in [6, 6.07) is 25.3. The van der Waals surface area contributed by atoms with Crippen LogP contribution in [-0.4, -0.2) is 22.6 Å². The molecule has 0 saturated heterocycles. The molecule has 0 aromatic heterocycles. The van der Waals surface area contributed by atoms with Crippen molar-refractivity contribution in [2.45, 2.75) is 52.2 Å². The number of carboxylic acid groups (broad SMARTS) is 1. The van der Waals surface area contributed by atoms with Crippen molar-refractivity contribution >= 4 is 34.1 Å². The molecular weight excluding hydrogens is 462 g/mol. The number of rotatable bonds is 5. The van der Waals surface area contributed by atoms with Gasteiger partial charge in [0.1, 0.15) is 12.1 Å². The first-order valence-corrected chi connectivity index (χ1v) is 12.5. The average molecular weight is 494 g/mol. The van der Waals surface area contributed by atoms with Gasteiger partial charge < -0.3 is 14.7 Å². The quantitative estimate of drug-likeness (QED) is 0.301. The molecule has 1 atom stereocenters. The van der Waals surface area contributed by atoms with Crippen LogP contribution in [0.15, 0.2) is 78.9 Å². The van der Waals surface area contributed by atoms with Crippen LogP contribution < -0.4 is 4.90 Å². The lowest BCUT2D eigenvalue weighted by Crippen LogP contribution is -2.57. The van der Waals surface area contributed by atoms with Gasteiger partial charge in [0, 0.05) is 16.8 Å². The van der Waals surface area contributed by atoms with Gasteiger partial charge in [-0.3, -0.25) is 0 Å². The highest BCUT2D eigenvalue weighted by atomic mass is 16.5. The monoisotopic (exact) mass is 493 g/mol. The second-order valence-electron chi connectivity index (χ2n) is 10.5. The number of fused-ring (bicyclic) bond motifs is 3. The largest absolute Gasteiger partial charge is 0.479 e. The van der Waals surface area contributed by atoms with Gasteiger partial charge in [-0.1, -0.05) is 74.5 Å². The number of hydrogen-bond acceptors (Lipinski definition) is 4. The third-order valence-corrected chi connectivity index (χ3v) is 8.02. The number of nitrogens with zero attached hydrogens (tertiary/aromatic N) is 1. The van der Waals surface area contributed by atoms with E-state index in [4.69, 9.17) is 4.74 Å². The Bertz CT molecular complexity index is 1520. The van der Waals surface area contributed by atoms with Crippen LogP contribution >= 0.6 is 0 Å². The average Bonchev–Trinajstić information content (AvgIpc) is 3.06. The molecule has 5 rings (SSSR count). The first-order chi connectivity index (χ1) is 17.6. The van der Waals surface area contributed by atoms with Gasteiger partial charge in [-0.25, -0.2) is 9.59 Å². The molecular formula is C32H31NO4. The molecule has 1 heterocycles. The Balaban J connectivity index is 1.62. The number of ether oxygens (including phenoxy) is 1. The Labute approximate surface area is 217 Å². The second kappa shape index (κ2) is 8.77. The van der Waals surface area contributed by atoms with E-state index in [1.54, 1.807) is 19.1 Å². The predicted molar refractivity (Wildman–Crippen MR) is 147 cm³/mol. The molecule has 0 bridgehead atoms. The highest BCUT2D eigenvalue weighted by Crippen LogP contribution is 2.58. The van der Waals surface area contributed by atoms with E-state index in [0.29, 0.717) is 5.56 Å². The number of esters is 1. The maximum Gasteiger partial charge on any atom is 0.338 e. The zero-order valence-corrected chi connectivity index (χ0v) is 21.8. The van der Waals surface area contributed by atoms with Crippen molar-refractivity contribution in [3.05, 3.63) is 107 Å². The molecule has 0 saturated carbocycles. The highest BCUT2D eigenvalue weighted by Gasteiger charge is 2.60. The Hall–Kier alpha value is -4.12. The van der Waals surface area contributed by atoms with Gasteiger partial charge >= 0.3 is 11.9 Å². The number of carbonyl (C=O) groups is 2. The van der Waals surface area contributed by atoms with Crippen LogP contribution in [0, 0.1) is 13.8 Å². The molecule has 0 amide bonds. The first kappa shape index (κ1) is 24.6. The summed E-state index contributed by atoms with van der Waals surface area (Å²) in [5, 5.41) is 12.8. The van der Waals surface area contributed by atoms with E-state index in [-0.39, 0.29) is 6.61 Å². The summed E-state index contributed by atoms with van der Waals surface area (Å²) in [5.74, 6) is -1.31. The molecule has 0 radical (unpaired) electrons. The fourth-order valence-corrected chi connectivity index (χ4v) is 5.81. The van der Waals surface area contributed by atoms with E-state index >= 15 is 0 Å². The highest BCUT2D eigenvalue weighted by molar-refractivity contribution is 6.02. The third kappa shape index (κ3) is 3.69. The number of carbonyl (C=O) groups excluding carboxylic acids is 1. The van der Waals surface area contributed by atoms with Crippen molar-refractivity contribution in [3.63, 3.8) is 0 Å². The number of aliphatic carboxylic acids is 1. The summed E-state index contributed by atoms with van der Waals surface area (Å²) < 4.78 is 5.56. The van der Waals surface area contributed by atoms with Crippen molar-refractivity contribution in [1.82, 2.24) is 0 Å². The Morgan fingerprint density at radius 1 is 0.865 bits per heavy atom. The van der Waals surface area contributed by atoms with Gasteiger partial charge in [0.2, 0.25) is 0 Å². The van der Waals surface area contributed by atoms with Crippen LogP contribution in [0.25, 0.3) is 10.8 Å². The lowest BCUT2D eigenvalue weighted by molar-refractivity contribution is -0.144. The van der Waals surface area contributed by atoms with Crippen molar-refractivity contribution in [1.29, 1.82) is 0 Å². The van der Waals surface area contributed by atoms with E-state index < -0.39 is 22.9 Å². The summed E-state index contributed by atoms with van der Waals surface area (Å²) >= 11 is 0. The molecule has 0 aliphatic carbocycles. The number of anilines is 2. The summed E-state index contributed by atoms with van der Waals surface area (Å²) in [5.41, 5.74) is 3.72. The van der Waals surface area contributed by atoms with E-state index in [9.17, 15) is 14.7 Å². The van der Waals surface area contributed by atoms with Gasteiger partial charge in [0.15, 0.2) is 0 Å². The molecule has 1 N–H and O–H groups in total. The zero-order valence-electron chi connectivity index (χ0n) is 21.8. The molecule has 5 nitrogen and oxygen atoms in total. The Morgan fingerprint density at radius 3 is 2.14 bits per heavy atom. The van der Waals surface area contributed by atoms with E-state index in [2.05, 4.69) is 12.1 Å². The van der Waals surface area contributed by atoms with Crippen LogP contribution in [0.1, 0.15) is 53.4 Å². The summed E-state index contributed by atoms with van der Waals surface area (Å²) in [6.45, 7) is 9.84. The summed E-state index contributed by atoms with van der Waals surface area (Å²) in [4.78, 5) is 27.9. The van der Waals surface area contributed by atoms with Crippen molar-refractivity contribution < 1.29 is 19.4 Å². The number of carboxylic acids is 1. The number of hydrogen-bond donors (Lipinski definition) is 1. The van der Waals surface area contributed by atoms with Gasteiger partial charge in [0.05, 0.1) is 5.56 Å². The number of aryl methyl sites for hydroxylation is 2. The number of benzene rings is 4. The molecule has 5 heteroatoms. The Morgan fingerprint density at radius 2 is 1.49 bits per heavy atom. The second-order valence-corrected chi connectivity index (χ2v) is 10.5. The topological polar surface area (TPSA) is 66.8 Å². The minimum atomic E-state index is -1.26. The SMILES string of the molecule is Cc1cc(C(=O)OCc2ccccc2)cc(C)c1N1c2ccc3ccccc3c2C(C)(C)C1(C)C(=O)O. The first-order valence-electron chi connectivity index (χ1n) is 12.5. The molecule has 188 valence electrons. The molecule has 1 unspecified atom stereocenters. The molecule has 1 aliphatic heterocycles. The van der Waals surface area contributed by atoms with Crippen LogP contribution in [0.2, 0.25) is 0 Å². The smallest absolute Gasteiger partial charge is 0.338 e.